The molecule has 1 unspecified atom stereocenters. The number of methoxy groups -OCH3 is 1. The van der Waals surface area contributed by atoms with E-state index >= 15 is 0 Å². The van der Waals surface area contributed by atoms with Gasteiger partial charge < -0.3 is 14.5 Å². The number of hydrogen-bond acceptors (Lipinski definition) is 7. The van der Waals surface area contributed by atoms with Crippen molar-refractivity contribution < 1.29 is 17.9 Å². The van der Waals surface area contributed by atoms with Gasteiger partial charge in [-0.05, 0) is 18.9 Å². The van der Waals surface area contributed by atoms with Crippen molar-refractivity contribution in [1.82, 2.24) is 19.4 Å². The highest BCUT2D eigenvalue weighted by atomic mass is 32.2. The predicted molar refractivity (Wildman–Crippen MR) is 96.5 cm³/mol. The van der Waals surface area contributed by atoms with E-state index in [1.807, 2.05) is 6.07 Å². The molecule has 0 saturated carbocycles. The van der Waals surface area contributed by atoms with Gasteiger partial charge in [0.05, 0.1) is 19.3 Å². The lowest BCUT2D eigenvalue weighted by Crippen LogP contribution is -2.53. The zero-order valence-electron chi connectivity index (χ0n) is 15.2. The van der Waals surface area contributed by atoms with E-state index < -0.39 is 10.0 Å². The molecule has 26 heavy (non-hydrogen) atoms. The molecule has 3 rings (SSSR count). The molecule has 1 amide bonds. The van der Waals surface area contributed by atoms with Gasteiger partial charge in [0.25, 0.3) is 0 Å². The van der Waals surface area contributed by atoms with E-state index in [0.717, 1.165) is 25.2 Å². The number of ether oxygens (including phenoxy) is 1. The first-order valence-electron chi connectivity index (χ1n) is 8.75. The minimum Gasteiger partial charge on any atom is -0.480 e. The summed E-state index contributed by atoms with van der Waals surface area (Å²) in [6, 6.07) is 3.61. The molecule has 0 radical (unpaired) electrons. The molecule has 1 aromatic rings. The summed E-state index contributed by atoms with van der Waals surface area (Å²) in [6.07, 6.45) is 2.96. The van der Waals surface area contributed by atoms with Crippen LogP contribution in [0.4, 0.5) is 5.82 Å². The minimum absolute atomic E-state index is 0.0996. The van der Waals surface area contributed by atoms with E-state index in [4.69, 9.17) is 4.74 Å². The van der Waals surface area contributed by atoms with E-state index in [1.165, 1.54) is 10.6 Å². The number of amides is 1. The van der Waals surface area contributed by atoms with Gasteiger partial charge in [0.15, 0.2) is 5.82 Å². The number of sulfonamides is 1. The van der Waals surface area contributed by atoms with Gasteiger partial charge in [-0.25, -0.2) is 8.42 Å². The van der Waals surface area contributed by atoms with Crippen LogP contribution in [0.25, 0.3) is 0 Å². The molecule has 1 atom stereocenters. The third-order valence-corrected chi connectivity index (χ3v) is 6.25. The van der Waals surface area contributed by atoms with Crippen LogP contribution in [-0.2, 0) is 14.8 Å². The molecule has 0 spiro atoms. The second kappa shape index (κ2) is 7.75. The maximum atomic E-state index is 12.9. The molecule has 0 bridgehead atoms. The number of carbonyl (C=O) groups is 1. The van der Waals surface area contributed by atoms with Gasteiger partial charge in [0, 0.05) is 45.3 Å². The van der Waals surface area contributed by atoms with Crippen molar-refractivity contribution in [2.75, 3.05) is 57.5 Å². The Kier molecular flexibility index (Phi) is 5.61. The predicted octanol–water partition coefficient (Wildman–Crippen LogP) is -0.195. The lowest BCUT2D eigenvalue weighted by Gasteiger charge is -2.38. The van der Waals surface area contributed by atoms with Crippen LogP contribution < -0.4 is 9.64 Å². The average Bonchev–Trinajstić information content (AvgIpc) is 2.67. The van der Waals surface area contributed by atoms with E-state index in [2.05, 4.69) is 15.1 Å². The van der Waals surface area contributed by atoms with Gasteiger partial charge in [-0.2, -0.15) is 4.31 Å². The van der Waals surface area contributed by atoms with Gasteiger partial charge in [0.1, 0.15) is 0 Å². The topological polar surface area (TPSA) is 95.9 Å². The number of hydrogen-bond donors (Lipinski definition) is 0. The molecule has 2 saturated heterocycles. The van der Waals surface area contributed by atoms with Crippen molar-refractivity contribution in [3.8, 4) is 5.88 Å². The number of aromatic nitrogens is 2. The number of carbonyl (C=O) groups excluding carboxylic acids is 1. The molecule has 3 heterocycles. The number of piperazine rings is 1. The molecule has 9 nitrogen and oxygen atoms in total. The first kappa shape index (κ1) is 18.8. The fourth-order valence-corrected chi connectivity index (χ4v) is 4.30. The second-order valence-corrected chi connectivity index (χ2v) is 8.69. The zero-order chi connectivity index (χ0) is 18.7. The van der Waals surface area contributed by atoms with Gasteiger partial charge in [-0.1, -0.05) is 0 Å². The molecule has 2 aliphatic rings. The summed E-state index contributed by atoms with van der Waals surface area (Å²) in [7, 11) is -1.64. The number of rotatable bonds is 4. The molecule has 0 aliphatic carbocycles. The van der Waals surface area contributed by atoms with Gasteiger partial charge in [0.2, 0.25) is 21.8 Å². The van der Waals surface area contributed by atoms with Gasteiger partial charge >= 0.3 is 0 Å². The maximum absolute atomic E-state index is 12.9. The Bertz CT molecular complexity index is 732. The van der Waals surface area contributed by atoms with Crippen molar-refractivity contribution in [2.45, 2.75) is 12.8 Å². The maximum Gasteiger partial charge on any atom is 0.233 e. The third kappa shape index (κ3) is 4.24. The smallest absolute Gasteiger partial charge is 0.233 e. The number of anilines is 1. The summed E-state index contributed by atoms with van der Waals surface area (Å²) >= 11 is 0. The van der Waals surface area contributed by atoms with Crippen LogP contribution in [0.1, 0.15) is 12.8 Å². The summed E-state index contributed by atoms with van der Waals surface area (Å²) in [5.74, 6) is 1.20. The van der Waals surface area contributed by atoms with Gasteiger partial charge in [-0.3, -0.25) is 4.79 Å². The Balaban J connectivity index is 1.59. The monoisotopic (exact) mass is 383 g/mol. The number of piperidine rings is 1. The summed E-state index contributed by atoms with van der Waals surface area (Å²) in [5, 5.41) is 8.16. The first-order chi connectivity index (χ1) is 12.4. The zero-order valence-corrected chi connectivity index (χ0v) is 16.0. The van der Waals surface area contributed by atoms with Crippen LogP contribution in [0.3, 0.4) is 0 Å². The summed E-state index contributed by atoms with van der Waals surface area (Å²) in [5.41, 5.74) is 0. The molecule has 2 aliphatic heterocycles. The van der Waals surface area contributed by atoms with Crippen LogP contribution in [0.2, 0.25) is 0 Å². The van der Waals surface area contributed by atoms with Crippen molar-refractivity contribution in [2.24, 2.45) is 5.92 Å². The molecule has 144 valence electrons. The Morgan fingerprint density at radius 1 is 1.15 bits per heavy atom. The molecule has 0 aromatic carbocycles. The van der Waals surface area contributed by atoms with Crippen molar-refractivity contribution in [3.63, 3.8) is 0 Å². The van der Waals surface area contributed by atoms with E-state index in [9.17, 15) is 13.2 Å². The SMILES string of the molecule is COc1ccc(N2CCCC(C(=O)N3CCN(S(C)(=O)=O)CC3)C2)nn1. The Morgan fingerprint density at radius 3 is 2.46 bits per heavy atom. The van der Waals surface area contributed by atoms with Crippen LogP contribution in [0, 0.1) is 5.92 Å². The molecule has 0 N–H and O–H groups in total. The summed E-state index contributed by atoms with van der Waals surface area (Å²) < 4.78 is 29.7. The Morgan fingerprint density at radius 2 is 1.88 bits per heavy atom. The van der Waals surface area contributed by atoms with Crippen LogP contribution in [0.5, 0.6) is 5.88 Å². The highest BCUT2D eigenvalue weighted by Crippen LogP contribution is 2.24. The van der Waals surface area contributed by atoms with Gasteiger partial charge in [-0.15, -0.1) is 10.2 Å². The average molecular weight is 383 g/mol. The summed E-state index contributed by atoms with van der Waals surface area (Å²) in [4.78, 5) is 16.7. The molecular weight excluding hydrogens is 358 g/mol. The largest absolute Gasteiger partial charge is 0.480 e. The highest BCUT2D eigenvalue weighted by Gasteiger charge is 2.33. The molecule has 10 heteroatoms. The lowest BCUT2D eigenvalue weighted by molar-refractivity contribution is -0.137. The molecule has 2 fully saturated rings. The van der Waals surface area contributed by atoms with Crippen molar-refractivity contribution in [3.05, 3.63) is 12.1 Å². The third-order valence-electron chi connectivity index (χ3n) is 4.95. The van der Waals surface area contributed by atoms with E-state index in [0.29, 0.717) is 38.6 Å². The normalized spacial score (nSPS) is 22.3. The van der Waals surface area contributed by atoms with Crippen LogP contribution >= 0.6 is 0 Å². The fourth-order valence-electron chi connectivity index (χ4n) is 3.48. The highest BCUT2D eigenvalue weighted by molar-refractivity contribution is 7.88. The molecular formula is C16H25N5O4S. The second-order valence-electron chi connectivity index (χ2n) is 6.71. The van der Waals surface area contributed by atoms with Crippen LogP contribution in [-0.4, -0.2) is 86.4 Å². The van der Waals surface area contributed by atoms with Crippen LogP contribution in [0.15, 0.2) is 12.1 Å². The fraction of sp³-hybridized carbons (Fsp3) is 0.688. The summed E-state index contributed by atoms with van der Waals surface area (Å²) in [6.45, 7) is 3.07. The van der Waals surface area contributed by atoms with E-state index in [1.54, 1.807) is 18.1 Å². The number of nitrogens with zero attached hydrogens (tertiary/aromatic N) is 5. The van der Waals surface area contributed by atoms with E-state index in [-0.39, 0.29) is 11.8 Å². The first-order valence-corrected chi connectivity index (χ1v) is 10.6. The quantitative estimate of drug-likeness (QED) is 0.711. The van der Waals surface area contributed by atoms with Crippen molar-refractivity contribution >= 4 is 21.7 Å². The Hall–Kier alpha value is -1.94. The van der Waals surface area contributed by atoms with Crippen molar-refractivity contribution in [1.29, 1.82) is 0 Å². The lowest BCUT2D eigenvalue weighted by atomic mass is 9.96. The standard InChI is InChI=1S/C16H25N5O4S/c1-25-15-6-5-14(17-18-15)20-7-3-4-13(12-20)16(22)19-8-10-21(11-9-19)26(2,23)24/h5-6,13H,3-4,7-12H2,1-2H3. The molecule has 1 aromatic heterocycles. The Labute approximate surface area is 154 Å². The minimum atomic E-state index is -3.19.